The van der Waals surface area contributed by atoms with Gasteiger partial charge in [-0.1, -0.05) is 0 Å². The smallest absolute Gasteiger partial charge is 0.229 e. The lowest BCUT2D eigenvalue weighted by Gasteiger charge is -2.35. The summed E-state index contributed by atoms with van der Waals surface area (Å²) in [6.07, 6.45) is 2.57. The summed E-state index contributed by atoms with van der Waals surface area (Å²) in [5.74, 6) is 0.270. The lowest BCUT2D eigenvalue weighted by Crippen LogP contribution is -2.52. The number of amides is 1. The van der Waals surface area contributed by atoms with Crippen LogP contribution in [0.4, 0.5) is 0 Å². The average Bonchev–Trinajstić information content (AvgIpc) is 3.21. The van der Waals surface area contributed by atoms with E-state index in [0.29, 0.717) is 11.5 Å². The molecule has 1 saturated heterocycles. The Morgan fingerprint density at radius 3 is 2.56 bits per heavy atom. The molecule has 0 atom stereocenters. The number of carbonyl (C=O) groups is 1. The summed E-state index contributed by atoms with van der Waals surface area (Å²) in [6, 6.07) is 2.16. The van der Waals surface area contributed by atoms with Gasteiger partial charge in [0.1, 0.15) is 0 Å². The number of hydrogen-bond acceptors (Lipinski definition) is 4. The molecule has 98 valence electrons. The zero-order chi connectivity index (χ0) is 13.0. The van der Waals surface area contributed by atoms with Crippen LogP contribution < -0.4 is 5.32 Å². The first-order chi connectivity index (χ1) is 8.70. The van der Waals surface area contributed by atoms with Crippen molar-refractivity contribution in [1.82, 2.24) is 15.1 Å². The normalized spacial score (nSPS) is 20.3. The minimum Gasteiger partial charge on any atom is -0.346 e. The van der Waals surface area contributed by atoms with Crippen LogP contribution in [-0.2, 0) is 4.79 Å². The summed E-state index contributed by atoms with van der Waals surface area (Å²) in [5, 5.41) is 11.9. The van der Waals surface area contributed by atoms with Crippen LogP contribution in [0, 0.1) is 17.2 Å². The van der Waals surface area contributed by atoms with Gasteiger partial charge in [0.25, 0.3) is 0 Å². The van der Waals surface area contributed by atoms with E-state index in [1.165, 1.54) is 0 Å². The molecule has 0 aromatic rings. The fourth-order valence-corrected chi connectivity index (χ4v) is 2.30. The molecule has 5 nitrogen and oxygen atoms in total. The van der Waals surface area contributed by atoms with Crippen molar-refractivity contribution in [3.8, 4) is 6.07 Å². The second kappa shape index (κ2) is 6.12. The standard InChI is InChI=1S/C12H18N4OS/c13-4-1-5-15-6-8-16(9-7-15)12(18)14-11(17)10-2-3-10/h10H,1-3,5-9H2,(H,14,17,18). The first-order valence-corrected chi connectivity index (χ1v) is 6.80. The predicted molar refractivity (Wildman–Crippen MR) is 71.7 cm³/mol. The van der Waals surface area contributed by atoms with Gasteiger partial charge in [0.2, 0.25) is 5.91 Å². The summed E-state index contributed by atoms with van der Waals surface area (Å²) in [7, 11) is 0. The predicted octanol–water partition coefficient (Wildman–Crippen LogP) is 0.329. The van der Waals surface area contributed by atoms with Crippen LogP contribution in [0.15, 0.2) is 0 Å². The molecule has 18 heavy (non-hydrogen) atoms. The molecule has 0 aromatic heterocycles. The van der Waals surface area contributed by atoms with Crippen LogP contribution in [0.25, 0.3) is 0 Å². The third-order valence-electron chi connectivity index (χ3n) is 3.38. The Morgan fingerprint density at radius 2 is 2.00 bits per heavy atom. The molecule has 0 spiro atoms. The maximum atomic E-state index is 11.6. The van der Waals surface area contributed by atoms with Crippen molar-refractivity contribution >= 4 is 23.2 Å². The van der Waals surface area contributed by atoms with Gasteiger partial charge in [0.05, 0.1) is 6.07 Å². The SMILES string of the molecule is N#CCCN1CCN(C(=S)NC(=O)C2CC2)CC1. The minimum absolute atomic E-state index is 0.0758. The molecule has 1 N–H and O–H groups in total. The fourth-order valence-electron chi connectivity index (χ4n) is 2.01. The molecule has 0 aromatic carbocycles. The van der Waals surface area contributed by atoms with Crippen molar-refractivity contribution in [2.75, 3.05) is 32.7 Å². The number of hydrogen-bond donors (Lipinski definition) is 1. The maximum absolute atomic E-state index is 11.6. The van der Waals surface area contributed by atoms with E-state index in [4.69, 9.17) is 17.5 Å². The van der Waals surface area contributed by atoms with Crippen molar-refractivity contribution < 1.29 is 4.79 Å². The van der Waals surface area contributed by atoms with E-state index in [1.54, 1.807) is 0 Å². The van der Waals surface area contributed by atoms with Gasteiger partial charge in [-0.25, -0.2) is 0 Å². The largest absolute Gasteiger partial charge is 0.346 e. The van der Waals surface area contributed by atoms with E-state index >= 15 is 0 Å². The van der Waals surface area contributed by atoms with Crippen LogP contribution >= 0.6 is 12.2 Å². The Labute approximate surface area is 113 Å². The molecule has 0 unspecified atom stereocenters. The maximum Gasteiger partial charge on any atom is 0.229 e. The number of rotatable bonds is 3. The van der Waals surface area contributed by atoms with Crippen LogP contribution in [0.2, 0.25) is 0 Å². The highest BCUT2D eigenvalue weighted by molar-refractivity contribution is 7.80. The Hall–Kier alpha value is -1.19. The van der Waals surface area contributed by atoms with Gasteiger partial charge in [0.15, 0.2) is 5.11 Å². The van der Waals surface area contributed by atoms with Crippen molar-refractivity contribution in [1.29, 1.82) is 5.26 Å². The minimum atomic E-state index is 0.0758. The number of thiocarbonyl (C=S) groups is 1. The summed E-state index contributed by atoms with van der Waals surface area (Å²) >= 11 is 5.25. The lowest BCUT2D eigenvalue weighted by molar-refractivity contribution is -0.121. The molecule has 0 bridgehead atoms. The Balaban J connectivity index is 1.70. The number of nitrogens with zero attached hydrogens (tertiary/aromatic N) is 3. The molecule has 1 amide bonds. The Morgan fingerprint density at radius 1 is 1.33 bits per heavy atom. The molecular weight excluding hydrogens is 248 g/mol. The van der Waals surface area contributed by atoms with Crippen LogP contribution in [0.3, 0.4) is 0 Å². The summed E-state index contributed by atoms with van der Waals surface area (Å²) in [6.45, 7) is 4.29. The zero-order valence-electron chi connectivity index (χ0n) is 10.4. The second-order valence-electron chi connectivity index (χ2n) is 4.81. The zero-order valence-corrected chi connectivity index (χ0v) is 11.2. The molecule has 2 fully saturated rings. The first-order valence-electron chi connectivity index (χ1n) is 6.40. The molecule has 1 heterocycles. The van der Waals surface area contributed by atoms with E-state index in [2.05, 4.69) is 16.3 Å². The summed E-state index contributed by atoms with van der Waals surface area (Å²) in [4.78, 5) is 15.9. The van der Waals surface area contributed by atoms with Crippen molar-refractivity contribution in [3.63, 3.8) is 0 Å². The van der Waals surface area contributed by atoms with Gasteiger partial charge in [-0.05, 0) is 25.1 Å². The lowest BCUT2D eigenvalue weighted by atomic mass is 10.3. The Bertz CT molecular complexity index is 367. The van der Waals surface area contributed by atoms with E-state index in [9.17, 15) is 4.79 Å². The second-order valence-corrected chi connectivity index (χ2v) is 5.19. The number of piperazine rings is 1. The summed E-state index contributed by atoms with van der Waals surface area (Å²) in [5.41, 5.74) is 0. The van der Waals surface area contributed by atoms with E-state index in [-0.39, 0.29) is 11.8 Å². The van der Waals surface area contributed by atoms with Gasteiger partial charge < -0.3 is 10.2 Å². The molecule has 6 heteroatoms. The van der Waals surface area contributed by atoms with Gasteiger partial charge >= 0.3 is 0 Å². The average molecular weight is 266 g/mol. The number of carbonyl (C=O) groups excluding carboxylic acids is 1. The van der Waals surface area contributed by atoms with Crippen LogP contribution in [0.1, 0.15) is 19.3 Å². The third kappa shape index (κ3) is 3.65. The monoisotopic (exact) mass is 266 g/mol. The molecule has 1 saturated carbocycles. The van der Waals surface area contributed by atoms with E-state index < -0.39 is 0 Å². The fraction of sp³-hybridized carbons (Fsp3) is 0.750. The van der Waals surface area contributed by atoms with Gasteiger partial charge in [-0.3, -0.25) is 9.69 Å². The van der Waals surface area contributed by atoms with E-state index in [1.807, 2.05) is 4.90 Å². The molecule has 2 aliphatic rings. The number of nitrogens with one attached hydrogen (secondary N) is 1. The number of nitriles is 1. The van der Waals surface area contributed by atoms with Crippen molar-refractivity contribution in [2.45, 2.75) is 19.3 Å². The van der Waals surface area contributed by atoms with E-state index in [0.717, 1.165) is 45.6 Å². The highest BCUT2D eigenvalue weighted by atomic mass is 32.1. The Kier molecular flexibility index (Phi) is 4.50. The van der Waals surface area contributed by atoms with Crippen molar-refractivity contribution in [2.24, 2.45) is 5.92 Å². The van der Waals surface area contributed by atoms with Crippen molar-refractivity contribution in [3.05, 3.63) is 0 Å². The quantitative estimate of drug-likeness (QED) is 0.746. The highest BCUT2D eigenvalue weighted by Gasteiger charge is 2.31. The topological polar surface area (TPSA) is 59.4 Å². The van der Waals surface area contributed by atoms with Gasteiger partial charge in [0, 0.05) is 45.1 Å². The van der Waals surface area contributed by atoms with Crippen LogP contribution in [0.5, 0.6) is 0 Å². The van der Waals surface area contributed by atoms with Crippen LogP contribution in [-0.4, -0.2) is 53.5 Å². The third-order valence-corrected chi connectivity index (χ3v) is 3.74. The molecule has 1 aliphatic carbocycles. The summed E-state index contributed by atoms with van der Waals surface area (Å²) < 4.78 is 0. The van der Waals surface area contributed by atoms with Gasteiger partial charge in [-0.2, -0.15) is 5.26 Å². The molecular formula is C12H18N4OS. The highest BCUT2D eigenvalue weighted by Crippen LogP contribution is 2.28. The molecule has 1 aliphatic heterocycles. The van der Waals surface area contributed by atoms with Gasteiger partial charge in [-0.15, -0.1) is 0 Å². The molecule has 2 rings (SSSR count). The first kappa shape index (κ1) is 13.2. The molecule has 0 radical (unpaired) electrons.